The van der Waals surface area contributed by atoms with Crippen molar-refractivity contribution in [3.8, 4) is 10.6 Å². The van der Waals surface area contributed by atoms with Crippen LogP contribution in [0.1, 0.15) is 29.1 Å². The van der Waals surface area contributed by atoms with E-state index in [-0.39, 0.29) is 5.91 Å². The molecular weight excluding hydrogens is 338 g/mol. The van der Waals surface area contributed by atoms with Crippen LogP contribution < -0.4 is 5.32 Å². The lowest BCUT2D eigenvalue weighted by atomic mass is 10.1. The van der Waals surface area contributed by atoms with Crippen LogP contribution in [0.4, 0.5) is 5.13 Å². The second kappa shape index (κ2) is 7.68. The van der Waals surface area contributed by atoms with Crippen LogP contribution in [0.15, 0.2) is 35.7 Å². The average Bonchev–Trinajstić information content (AvgIpc) is 3.14. The van der Waals surface area contributed by atoms with Gasteiger partial charge in [-0.3, -0.25) is 4.79 Å². The molecule has 3 rings (SSSR count). The van der Waals surface area contributed by atoms with Crippen LogP contribution in [0, 0.1) is 13.8 Å². The molecule has 0 spiro atoms. The van der Waals surface area contributed by atoms with E-state index in [1.54, 1.807) is 11.3 Å². The van der Waals surface area contributed by atoms with Crippen molar-refractivity contribution in [3.63, 3.8) is 0 Å². The number of hydrogen-bond donors (Lipinski definition) is 1. The summed E-state index contributed by atoms with van der Waals surface area (Å²) in [5, 5.41) is 6.55. The first-order chi connectivity index (χ1) is 11.6. The Bertz CT molecular complexity index is 824. The first-order valence-corrected chi connectivity index (χ1v) is 9.55. The van der Waals surface area contributed by atoms with Crippen molar-refractivity contribution >= 4 is 33.7 Å². The third kappa shape index (κ3) is 4.27. The second-order valence-electron chi connectivity index (χ2n) is 5.57. The third-order valence-electron chi connectivity index (χ3n) is 3.60. The van der Waals surface area contributed by atoms with Crippen molar-refractivity contribution in [1.82, 2.24) is 9.97 Å². The minimum Gasteiger partial charge on any atom is -0.302 e. The van der Waals surface area contributed by atoms with Gasteiger partial charge in [-0.05, 0) is 32.3 Å². The van der Waals surface area contributed by atoms with Gasteiger partial charge < -0.3 is 5.32 Å². The maximum Gasteiger partial charge on any atom is 0.226 e. The lowest BCUT2D eigenvalue weighted by Gasteiger charge is -2.02. The molecule has 2 aromatic heterocycles. The van der Waals surface area contributed by atoms with Crippen molar-refractivity contribution in [2.45, 2.75) is 33.1 Å². The number of nitrogens with one attached hydrogen (secondary N) is 1. The number of aromatic nitrogens is 2. The van der Waals surface area contributed by atoms with Gasteiger partial charge in [-0.1, -0.05) is 30.3 Å². The number of rotatable bonds is 6. The van der Waals surface area contributed by atoms with Gasteiger partial charge in [-0.25, -0.2) is 9.97 Å². The molecular formula is C18H19N3OS2. The third-order valence-corrected chi connectivity index (χ3v) is 5.45. The molecule has 0 saturated heterocycles. The molecule has 0 unspecified atom stereocenters. The Morgan fingerprint density at radius 1 is 1.17 bits per heavy atom. The van der Waals surface area contributed by atoms with Gasteiger partial charge in [0.2, 0.25) is 5.91 Å². The summed E-state index contributed by atoms with van der Waals surface area (Å²) < 4.78 is 0. The van der Waals surface area contributed by atoms with Crippen LogP contribution in [0.3, 0.4) is 0 Å². The maximum atomic E-state index is 12.1. The maximum absolute atomic E-state index is 12.1. The molecule has 0 saturated carbocycles. The molecule has 2 heterocycles. The number of hydrogen-bond acceptors (Lipinski definition) is 5. The molecule has 0 aliphatic carbocycles. The van der Waals surface area contributed by atoms with Gasteiger partial charge >= 0.3 is 0 Å². The van der Waals surface area contributed by atoms with Crippen molar-refractivity contribution in [2.24, 2.45) is 0 Å². The van der Waals surface area contributed by atoms with Crippen LogP contribution in [0.5, 0.6) is 0 Å². The Hall–Kier alpha value is -2.05. The predicted molar refractivity (Wildman–Crippen MR) is 101 cm³/mol. The molecule has 0 radical (unpaired) electrons. The van der Waals surface area contributed by atoms with Crippen molar-refractivity contribution < 1.29 is 4.79 Å². The Balaban J connectivity index is 1.53. The number of anilines is 1. The molecule has 1 amide bonds. The zero-order chi connectivity index (χ0) is 16.9. The Kier molecular flexibility index (Phi) is 5.37. The van der Waals surface area contributed by atoms with E-state index in [0.717, 1.165) is 34.1 Å². The van der Waals surface area contributed by atoms with E-state index in [4.69, 9.17) is 0 Å². The highest BCUT2D eigenvalue weighted by atomic mass is 32.1. The highest BCUT2D eigenvalue weighted by Gasteiger charge is 2.12. The summed E-state index contributed by atoms with van der Waals surface area (Å²) in [4.78, 5) is 22.1. The number of thiazole rings is 2. The lowest BCUT2D eigenvalue weighted by molar-refractivity contribution is -0.116. The fourth-order valence-corrected chi connectivity index (χ4v) is 4.16. The van der Waals surface area contributed by atoms with E-state index < -0.39 is 0 Å². The normalized spacial score (nSPS) is 10.8. The summed E-state index contributed by atoms with van der Waals surface area (Å²) in [6.45, 7) is 3.98. The number of carbonyl (C=O) groups is 1. The summed E-state index contributed by atoms with van der Waals surface area (Å²) in [6.07, 6.45) is 2.25. The smallest absolute Gasteiger partial charge is 0.226 e. The molecule has 6 heteroatoms. The minimum atomic E-state index is 0.0176. The molecule has 0 aliphatic heterocycles. The molecule has 1 N–H and O–H groups in total. The van der Waals surface area contributed by atoms with E-state index in [9.17, 15) is 4.79 Å². The molecule has 0 bridgehead atoms. The van der Waals surface area contributed by atoms with Gasteiger partial charge in [-0.15, -0.1) is 22.7 Å². The number of amides is 1. The molecule has 24 heavy (non-hydrogen) atoms. The zero-order valence-corrected chi connectivity index (χ0v) is 15.3. The molecule has 0 atom stereocenters. The van der Waals surface area contributed by atoms with Gasteiger partial charge in [0, 0.05) is 11.8 Å². The Morgan fingerprint density at radius 3 is 2.67 bits per heavy atom. The minimum absolute atomic E-state index is 0.0176. The fraction of sp³-hybridized carbons (Fsp3) is 0.278. The summed E-state index contributed by atoms with van der Waals surface area (Å²) >= 11 is 3.09. The first-order valence-electron chi connectivity index (χ1n) is 7.85. The largest absolute Gasteiger partial charge is 0.302 e. The standard InChI is InChI=1S/C18H19N3OS2/c1-12-17(24-13(2)19-12)15-11-23-18(20-15)21-16(22)10-6-9-14-7-4-3-5-8-14/h3-5,7-8,11H,6,9-10H2,1-2H3,(H,20,21,22). The van der Waals surface area contributed by atoms with Gasteiger partial charge in [0.1, 0.15) is 0 Å². The number of nitrogens with zero attached hydrogens (tertiary/aromatic N) is 2. The van der Waals surface area contributed by atoms with Gasteiger partial charge in [0.05, 0.1) is 21.3 Å². The SMILES string of the molecule is Cc1nc(C)c(-c2csc(NC(=O)CCCc3ccccc3)n2)s1. The van der Waals surface area contributed by atoms with Crippen molar-refractivity contribution in [3.05, 3.63) is 52.0 Å². The highest BCUT2D eigenvalue weighted by Crippen LogP contribution is 2.32. The molecule has 4 nitrogen and oxygen atoms in total. The van der Waals surface area contributed by atoms with Crippen molar-refractivity contribution in [1.29, 1.82) is 0 Å². The summed E-state index contributed by atoms with van der Waals surface area (Å²) in [5.41, 5.74) is 3.14. The Morgan fingerprint density at radius 2 is 1.96 bits per heavy atom. The van der Waals surface area contributed by atoms with E-state index in [0.29, 0.717) is 11.6 Å². The second-order valence-corrected chi connectivity index (χ2v) is 7.63. The van der Waals surface area contributed by atoms with Crippen LogP contribution >= 0.6 is 22.7 Å². The topological polar surface area (TPSA) is 54.9 Å². The van der Waals surface area contributed by atoms with E-state index >= 15 is 0 Å². The number of carbonyl (C=O) groups excluding carboxylic acids is 1. The van der Waals surface area contributed by atoms with Crippen LogP contribution in [0.2, 0.25) is 0 Å². The van der Waals surface area contributed by atoms with E-state index in [1.807, 2.05) is 37.4 Å². The Labute approximate surface area is 149 Å². The molecule has 0 aliphatic rings. The fourth-order valence-electron chi connectivity index (χ4n) is 2.48. The monoisotopic (exact) mass is 357 g/mol. The molecule has 0 fully saturated rings. The number of benzene rings is 1. The zero-order valence-electron chi connectivity index (χ0n) is 13.7. The van der Waals surface area contributed by atoms with Gasteiger partial charge in [-0.2, -0.15) is 0 Å². The summed E-state index contributed by atoms with van der Waals surface area (Å²) in [7, 11) is 0. The molecule has 3 aromatic rings. The number of aryl methyl sites for hydroxylation is 3. The predicted octanol–water partition coefficient (Wildman–Crippen LogP) is 4.84. The summed E-state index contributed by atoms with van der Waals surface area (Å²) in [5.74, 6) is 0.0176. The lowest BCUT2D eigenvalue weighted by Crippen LogP contribution is -2.11. The van der Waals surface area contributed by atoms with Crippen molar-refractivity contribution in [2.75, 3.05) is 5.32 Å². The first kappa shape index (κ1) is 16.8. The van der Waals surface area contributed by atoms with E-state index in [1.165, 1.54) is 16.9 Å². The molecule has 1 aromatic carbocycles. The average molecular weight is 358 g/mol. The van der Waals surface area contributed by atoms with Crippen LogP contribution in [-0.2, 0) is 11.2 Å². The quantitative estimate of drug-likeness (QED) is 0.686. The van der Waals surface area contributed by atoms with E-state index in [2.05, 4.69) is 27.4 Å². The van der Waals surface area contributed by atoms with Crippen LogP contribution in [-0.4, -0.2) is 15.9 Å². The van der Waals surface area contributed by atoms with Gasteiger partial charge in [0.15, 0.2) is 5.13 Å². The summed E-state index contributed by atoms with van der Waals surface area (Å²) in [6, 6.07) is 10.2. The highest BCUT2D eigenvalue weighted by molar-refractivity contribution is 7.16. The molecule has 124 valence electrons. The van der Waals surface area contributed by atoms with Gasteiger partial charge in [0.25, 0.3) is 0 Å². The van der Waals surface area contributed by atoms with Crippen LogP contribution in [0.25, 0.3) is 10.6 Å².